The maximum Gasteiger partial charge on any atom is 0.245 e. The molecule has 0 atom stereocenters. The maximum absolute atomic E-state index is 12.3. The molecule has 0 aliphatic heterocycles. The lowest BCUT2D eigenvalue weighted by Gasteiger charge is -2.24. The summed E-state index contributed by atoms with van der Waals surface area (Å²) in [5.41, 5.74) is 2.99. The molecule has 0 aliphatic rings. The summed E-state index contributed by atoms with van der Waals surface area (Å²) in [7, 11) is -3.64. The molecule has 0 bridgehead atoms. The molecule has 0 saturated heterocycles. The lowest BCUT2D eigenvalue weighted by Crippen LogP contribution is -2.37. The first-order chi connectivity index (χ1) is 11.7. The molecule has 0 spiro atoms. The van der Waals surface area contributed by atoms with Gasteiger partial charge in [0.2, 0.25) is 15.9 Å². The number of carbonyl (C=O) groups is 1. The maximum atomic E-state index is 12.3. The second-order valence-electron chi connectivity index (χ2n) is 5.80. The molecule has 2 rings (SSSR count). The summed E-state index contributed by atoms with van der Waals surface area (Å²) in [5, 5.41) is 11.5. The van der Waals surface area contributed by atoms with E-state index in [2.05, 4.69) is 5.32 Å². The van der Waals surface area contributed by atoms with Gasteiger partial charge in [-0.1, -0.05) is 18.2 Å². The number of rotatable bonds is 5. The predicted octanol–water partition coefficient (Wildman–Crippen LogP) is 2.58. The lowest BCUT2D eigenvalue weighted by molar-refractivity contribution is -0.114. The average Bonchev–Trinajstić information content (AvgIpc) is 2.54. The van der Waals surface area contributed by atoms with Crippen molar-refractivity contribution in [2.45, 2.75) is 13.8 Å². The van der Waals surface area contributed by atoms with Crippen molar-refractivity contribution in [1.29, 1.82) is 5.26 Å². The molecule has 7 heteroatoms. The molecule has 130 valence electrons. The molecular weight excluding hydrogens is 338 g/mol. The Bertz CT molecular complexity index is 946. The van der Waals surface area contributed by atoms with Gasteiger partial charge in [0.1, 0.15) is 6.54 Å². The van der Waals surface area contributed by atoms with Gasteiger partial charge < -0.3 is 5.32 Å². The quantitative estimate of drug-likeness (QED) is 0.890. The Morgan fingerprint density at radius 3 is 2.56 bits per heavy atom. The van der Waals surface area contributed by atoms with Crippen molar-refractivity contribution in [3.8, 4) is 6.07 Å². The zero-order chi connectivity index (χ0) is 18.6. The van der Waals surface area contributed by atoms with E-state index in [0.29, 0.717) is 16.9 Å². The van der Waals surface area contributed by atoms with Crippen LogP contribution in [-0.2, 0) is 14.8 Å². The van der Waals surface area contributed by atoms with Gasteiger partial charge in [-0.3, -0.25) is 9.10 Å². The van der Waals surface area contributed by atoms with Crippen molar-refractivity contribution in [3.05, 3.63) is 59.2 Å². The predicted molar refractivity (Wildman–Crippen MR) is 97.9 cm³/mol. The van der Waals surface area contributed by atoms with Gasteiger partial charge in [-0.25, -0.2) is 8.42 Å². The van der Waals surface area contributed by atoms with Crippen LogP contribution in [0.15, 0.2) is 42.5 Å². The minimum atomic E-state index is -3.64. The van der Waals surface area contributed by atoms with Crippen molar-refractivity contribution in [1.82, 2.24) is 0 Å². The molecule has 1 amide bonds. The summed E-state index contributed by atoms with van der Waals surface area (Å²) in [6.45, 7) is 3.30. The van der Waals surface area contributed by atoms with Gasteiger partial charge in [-0.2, -0.15) is 5.26 Å². The summed E-state index contributed by atoms with van der Waals surface area (Å²) < 4.78 is 25.5. The molecule has 6 nitrogen and oxygen atoms in total. The Balaban J connectivity index is 2.27. The Hall–Kier alpha value is -2.85. The Morgan fingerprint density at radius 1 is 1.20 bits per heavy atom. The molecule has 2 aromatic carbocycles. The van der Waals surface area contributed by atoms with E-state index in [1.165, 1.54) is 6.07 Å². The monoisotopic (exact) mass is 357 g/mol. The van der Waals surface area contributed by atoms with Gasteiger partial charge in [-0.05, 0) is 49.2 Å². The third kappa shape index (κ3) is 4.81. The zero-order valence-electron chi connectivity index (χ0n) is 14.3. The normalized spacial score (nSPS) is 10.8. The SMILES string of the molecule is Cc1ccc(C)c(N(CC(=O)Nc2cccc(C#N)c2)S(C)(=O)=O)c1. The van der Waals surface area contributed by atoms with Gasteiger partial charge in [0.05, 0.1) is 23.6 Å². The number of nitrogens with zero attached hydrogens (tertiary/aromatic N) is 2. The smallest absolute Gasteiger partial charge is 0.245 e. The summed E-state index contributed by atoms with van der Waals surface area (Å²) in [6.07, 6.45) is 1.07. The lowest BCUT2D eigenvalue weighted by atomic mass is 10.1. The zero-order valence-corrected chi connectivity index (χ0v) is 15.1. The highest BCUT2D eigenvalue weighted by Crippen LogP contribution is 2.24. The molecular formula is C18H19N3O3S. The van der Waals surface area contributed by atoms with Gasteiger partial charge in [0.25, 0.3) is 0 Å². The van der Waals surface area contributed by atoms with Gasteiger partial charge in [0.15, 0.2) is 0 Å². The van der Waals surface area contributed by atoms with Crippen LogP contribution >= 0.6 is 0 Å². The molecule has 0 fully saturated rings. The summed E-state index contributed by atoms with van der Waals surface area (Å²) in [4.78, 5) is 12.3. The van der Waals surface area contributed by atoms with Crippen molar-refractivity contribution in [3.63, 3.8) is 0 Å². The molecule has 0 saturated carbocycles. The largest absolute Gasteiger partial charge is 0.324 e. The van der Waals surface area contributed by atoms with Crippen molar-refractivity contribution >= 4 is 27.3 Å². The van der Waals surface area contributed by atoms with Crippen molar-refractivity contribution < 1.29 is 13.2 Å². The number of anilines is 2. The van der Waals surface area contributed by atoms with E-state index in [1.54, 1.807) is 31.2 Å². The first-order valence-corrected chi connectivity index (χ1v) is 9.40. The molecule has 0 aliphatic carbocycles. The van der Waals surface area contributed by atoms with Crippen LogP contribution in [0.25, 0.3) is 0 Å². The third-order valence-corrected chi connectivity index (χ3v) is 4.72. The van der Waals surface area contributed by atoms with E-state index in [4.69, 9.17) is 5.26 Å². The second-order valence-corrected chi connectivity index (χ2v) is 7.71. The van der Waals surface area contributed by atoms with E-state index in [9.17, 15) is 13.2 Å². The highest BCUT2D eigenvalue weighted by atomic mass is 32.2. The van der Waals surface area contributed by atoms with E-state index >= 15 is 0 Å². The number of nitrogens with one attached hydrogen (secondary N) is 1. The number of sulfonamides is 1. The van der Waals surface area contributed by atoms with Gasteiger partial charge >= 0.3 is 0 Å². The topological polar surface area (TPSA) is 90.3 Å². The number of aryl methyl sites for hydroxylation is 2. The Morgan fingerprint density at radius 2 is 1.92 bits per heavy atom. The minimum Gasteiger partial charge on any atom is -0.324 e. The molecule has 0 aromatic heterocycles. The molecule has 25 heavy (non-hydrogen) atoms. The number of benzene rings is 2. The minimum absolute atomic E-state index is 0.347. The summed E-state index contributed by atoms with van der Waals surface area (Å²) in [5.74, 6) is -0.485. The van der Waals surface area contributed by atoms with Crippen LogP contribution in [-0.4, -0.2) is 27.1 Å². The average molecular weight is 357 g/mol. The van der Waals surface area contributed by atoms with Crippen molar-refractivity contribution in [2.75, 3.05) is 22.4 Å². The van der Waals surface area contributed by atoms with E-state index in [-0.39, 0.29) is 6.54 Å². The van der Waals surface area contributed by atoms with Crippen LogP contribution in [0.2, 0.25) is 0 Å². The molecule has 0 radical (unpaired) electrons. The third-order valence-electron chi connectivity index (χ3n) is 3.60. The molecule has 2 aromatic rings. The van der Waals surface area contributed by atoms with Gasteiger partial charge in [0, 0.05) is 5.69 Å². The van der Waals surface area contributed by atoms with Crippen LogP contribution in [0.3, 0.4) is 0 Å². The fraction of sp³-hybridized carbons (Fsp3) is 0.222. The summed E-state index contributed by atoms with van der Waals surface area (Å²) in [6, 6.07) is 13.9. The van der Waals surface area contributed by atoms with Crippen LogP contribution in [0, 0.1) is 25.2 Å². The fourth-order valence-corrected chi connectivity index (χ4v) is 3.27. The highest BCUT2D eigenvalue weighted by Gasteiger charge is 2.22. The molecule has 0 unspecified atom stereocenters. The van der Waals surface area contributed by atoms with Crippen LogP contribution < -0.4 is 9.62 Å². The Kier molecular flexibility index (Phi) is 5.45. The number of amides is 1. The van der Waals surface area contributed by atoms with Gasteiger partial charge in [-0.15, -0.1) is 0 Å². The fourth-order valence-electron chi connectivity index (χ4n) is 2.37. The van der Waals surface area contributed by atoms with Crippen LogP contribution in [0.1, 0.15) is 16.7 Å². The standard InChI is InChI=1S/C18H19N3O3S/c1-13-7-8-14(2)17(9-13)21(25(3,23)24)12-18(22)20-16-6-4-5-15(10-16)11-19/h4-10H,12H2,1-3H3,(H,20,22). The van der Waals surface area contributed by atoms with Crippen molar-refractivity contribution in [2.24, 2.45) is 0 Å². The van der Waals surface area contributed by atoms with E-state index < -0.39 is 15.9 Å². The van der Waals surface area contributed by atoms with E-state index in [0.717, 1.165) is 21.7 Å². The van der Waals surface area contributed by atoms with E-state index in [1.807, 2.05) is 25.1 Å². The number of hydrogen-bond acceptors (Lipinski definition) is 4. The Labute approximate surface area is 147 Å². The molecule has 1 N–H and O–H groups in total. The van der Waals surface area contributed by atoms with Crippen LogP contribution in [0.5, 0.6) is 0 Å². The second kappa shape index (κ2) is 7.36. The first-order valence-electron chi connectivity index (χ1n) is 7.55. The first kappa shape index (κ1) is 18.5. The number of nitriles is 1. The van der Waals surface area contributed by atoms with Crippen LogP contribution in [0.4, 0.5) is 11.4 Å². The number of carbonyl (C=O) groups excluding carboxylic acids is 1. The summed E-state index contributed by atoms with van der Waals surface area (Å²) >= 11 is 0. The highest BCUT2D eigenvalue weighted by molar-refractivity contribution is 7.92. The number of hydrogen-bond donors (Lipinski definition) is 1. The molecule has 0 heterocycles.